The minimum Gasteiger partial charge on any atom is -0.425 e. The zero-order valence-electron chi connectivity index (χ0n) is 14.9. The predicted molar refractivity (Wildman–Crippen MR) is 94.0 cm³/mol. The first-order chi connectivity index (χ1) is 12.7. The zero-order valence-corrected chi connectivity index (χ0v) is 14.9. The Hall–Kier alpha value is -2.24. The van der Waals surface area contributed by atoms with E-state index in [-0.39, 0.29) is 17.7 Å². The summed E-state index contributed by atoms with van der Waals surface area (Å²) in [5.41, 5.74) is 0.934. The number of benzene rings is 1. The van der Waals surface area contributed by atoms with Gasteiger partial charge in [-0.25, -0.2) is 4.39 Å². The maximum atomic E-state index is 13.0. The number of hydrogen-bond acceptors (Lipinski definition) is 4. The van der Waals surface area contributed by atoms with Crippen molar-refractivity contribution in [1.29, 1.82) is 0 Å². The van der Waals surface area contributed by atoms with Crippen molar-refractivity contribution in [2.45, 2.75) is 50.9 Å². The van der Waals surface area contributed by atoms with Crippen LogP contribution in [-0.4, -0.2) is 34.1 Å². The highest BCUT2D eigenvalue weighted by Crippen LogP contribution is 2.31. The van der Waals surface area contributed by atoms with Crippen molar-refractivity contribution >= 4 is 5.91 Å². The summed E-state index contributed by atoms with van der Waals surface area (Å²) in [5, 5.41) is 8.36. The SMILES string of the molecule is O=C(C1CCCC1)N1CCCC(c2nnc(Cc3ccc(F)cc3)o2)C1. The highest BCUT2D eigenvalue weighted by atomic mass is 19.1. The maximum absolute atomic E-state index is 13.0. The van der Waals surface area contributed by atoms with Gasteiger partial charge in [0.05, 0.1) is 12.3 Å². The van der Waals surface area contributed by atoms with Gasteiger partial charge in [0.1, 0.15) is 5.82 Å². The highest BCUT2D eigenvalue weighted by molar-refractivity contribution is 5.79. The molecule has 0 radical (unpaired) electrons. The van der Waals surface area contributed by atoms with E-state index in [1.165, 1.54) is 25.0 Å². The first-order valence-corrected chi connectivity index (χ1v) is 9.54. The van der Waals surface area contributed by atoms with Gasteiger partial charge in [-0.1, -0.05) is 25.0 Å². The van der Waals surface area contributed by atoms with Gasteiger partial charge in [0, 0.05) is 19.0 Å². The largest absolute Gasteiger partial charge is 0.425 e. The van der Waals surface area contributed by atoms with Crippen molar-refractivity contribution in [3.05, 3.63) is 47.4 Å². The van der Waals surface area contributed by atoms with Crippen LogP contribution in [0.2, 0.25) is 0 Å². The quantitative estimate of drug-likeness (QED) is 0.837. The van der Waals surface area contributed by atoms with Crippen molar-refractivity contribution in [3.63, 3.8) is 0 Å². The van der Waals surface area contributed by atoms with Gasteiger partial charge in [0.15, 0.2) is 0 Å². The van der Waals surface area contributed by atoms with Crippen LogP contribution in [0.1, 0.15) is 61.8 Å². The zero-order chi connectivity index (χ0) is 17.9. The lowest BCUT2D eigenvalue weighted by atomic mass is 9.96. The molecule has 5 nitrogen and oxygen atoms in total. The standard InChI is InChI=1S/C20H24FN3O2/c21-17-9-7-14(8-10-17)12-18-22-23-19(26-18)16-6-3-11-24(13-16)20(25)15-4-1-2-5-15/h7-10,15-16H,1-6,11-13H2. The Balaban J connectivity index is 1.40. The van der Waals surface area contributed by atoms with Gasteiger partial charge >= 0.3 is 0 Å². The Morgan fingerprint density at radius 1 is 1.12 bits per heavy atom. The fraction of sp³-hybridized carbons (Fsp3) is 0.550. The van der Waals surface area contributed by atoms with Gasteiger partial charge in [-0.05, 0) is 43.4 Å². The van der Waals surface area contributed by atoms with Crippen LogP contribution in [0.25, 0.3) is 0 Å². The van der Waals surface area contributed by atoms with E-state index in [9.17, 15) is 9.18 Å². The van der Waals surface area contributed by atoms with E-state index in [0.29, 0.717) is 30.7 Å². The number of carbonyl (C=O) groups excluding carboxylic acids is 1. The molecule has 2 aromatic rings. The second kappa shape index (κ2) is 7.56. The van der Waals surface area contributed by atoms with Crippen LogP contribution in [-0.2, 0) is 11.2 Å². The summed E-state index contributed by atoms with van der Waals surface area (Å²) >= 11 is 0. The Morgan fingerprint density at radius 2 is 1.88 bits per heavy atom. The van der Waals surface area contributed by atoms with Gasteiger partial charge in [-0.3, -0.25) is 4.79 Å². The average Bonchev–Trinajstić information content (AvgIpc) is 3.35. The molecule has 1 saturated carbocycles. The van der Waals surface area contributed by atoms with Crippen LogP contribution < -0.4 is 0 Å². The molecule has 1 aromatic heterocycles. The van der Waals surface area contributed by atoms with Gasteiger partial charge in [0.25, 0.3) is 0 Å². The summed E-state index contributed by atoms with van der Waals surface area (Å²) in [6.45, 7) is 1.51. The number of piperidine rings is 1. The van der Waals surface area contributed by atoms with Crippen LogP contribution in [0, 0.1) is 11.7 Å². The molecular formula is C20H24FN3O2. The normalized spacial score (nSPS) is 21.3. The van der Waals surface area contributed by atoms with Crippen molar-refractivity contribution in [2.75, 3.05) is 13.1 Å². The fourth-order valence-electron chi connectivity index (χ4n) is 4.09. The third-order valence-electron chi connectivity index (χ3n) is 5.54. The molecule has 26 heavy (non-hydrogen) atoms. The molecule has 138 valence electrons. The van der Waals surface area contributed by atoms with Gasteiger partial charge in [0.2, 0.25) is 17.7 Å². The second-order valence-electron chi connectivity index (χ2n) is 7.44. The number of rotatable bonds is 4. The summed E-state index contributed by atoms with van der Waals surface area (Å²) < 4.78 is 18.9. The van der Waals surface area contributed by atoms with E-state index in [1.807, 2.05) is 4.90 Å². The predicted octanol–water partition coefficient (Wildman–Crippen LogP) is 3.70. The lowest BCUT2D eigenvalue weighted by Crippen LogP contribution is -2.41. The van der Waals surface area contributed by atoms with Crippen LogP contribution in [0.4, 0.5) is 4.39 Å². The number of aromatic nitrogens is 2. The van der Waals surface area contributed by atoms with E-state index < -0.39 is 0 Å². The molecule has 1 aliphatic heterocycles. The molecule has 2 fully saturated rings. The van der Waals surface area contributed by atoms with Crippen LogP contribution in [0.15, 0.2) is 28.7 Å². The summed E-state index contributed by atoms with van der Waals surface area (Å²) in [6, 6.07) is 6.31. The first kappa shape index (κ1) is 17.2. The number of likely N-dealkylation sites (tertiary alicyclic amines) is 1. The fourth-order valence-corrected chi connectivity index (χ4v) is 4.09. The molecule has 6 heteroatoms. The van der Waals surface area contributed by atoms with E-state index >= 15 is 0 Å². The summed E-state index contributed by atoms with van der Waals surface area (Å²) in [5.74, 6) is 1.53. The second-order valence-corrected chi connectivity index (χ2v) is 7.44. The van der Waals surface area contributed by atoms with Gasteiger partial charge in [-0.15, -0.1) is 10.2 Å². The highest BCUT2D eigenvalue weighted by Gasteiger charge is 2.32. The number of halogens is 1. The third-order valence-corrected chi connectivity index (χ3v) is 5.54. The van der Waals surface area contributed by atoms with Crippen molar-refractivity contribution in [1.82, 2.24) is 15.1 Å². The summed E-state index contributed by atoms with van der Waals surface area (Å²) in [4.78, 5) is 14.7. The first-order valence-electron chi connectivity index (χ1n) is 9.54. The van der Waals surface area contributed by atoms with Crippen molar-refractivity contribution in [3.8, 4) is 0 Å². The lowest BCUT2D eigenvalue weighted by molar-refractivity contribution is -0.136. The molecule has 4 rings (SSSR count). The Labute approximate surface area is 152 Å². The summed E-state index contributed by atoms with van der Waals surface area (Å²) in [6.07, 6.45) is 6.83. The Bertz CT molecular complexity index is 753. The van der Waals surface area contributed by atoms with Crippen molar-refractivity contribution < 1.29 is 13.6 Å². The molecule has 0 spiro atoms. The molecule has 1 saturated heterocycles. The van der Waals surface area contributed by atoms with Gasteiger partial charge in [-0.2, -0.15) is 0 Å². The number of hydrogen-bond donors (Lipinski definition) is 0. The van der Waals surface area contributed by atoms with Crippen LogP contribution in [0.5, 0.6) is 0 Å². The molecule has 1 atom stereocenters. The molecule has 0 N–H and O–H groups in total. The lowest BCUT2D eigenvalue weighted by Gasteiger charge is -2.32. The van der Waals surface area contributed by atoms with E-state index in [4.69, 9.17) is 4.42 Å². The molecule has 1 aromatic carbocycles. The van der Waals surface area contributed by atoms with E-state index in [0.717, 1.165) is 37.8 Å². The summed E-state index contributed by atoms with van der Waals surface area (Å²) in [7, 11) is 0. The maximum Gasteiger partial charge on any atom is 0.225 e. The minimum atomic E-state index is -0.255. The average molecular weight is 357 g/mol. The molecule has 1 aliphatic carbocycles. The minimum absolute atomic E-state index is 0.114. The molecular weight excluding hydrogens is 333 g/mol. The molecule has 2 heterocycles. The number of amides is 1. The molecule has 1 amide bonds. The Kier molecular flexibility index (Phi) is 5.00. The van der Waals surface area contributed by atoms with Crippen molar-refractivity contribution in [2.24, 2.45) is 5.92 Å². The molecule has 2 aliphatic rings. The smallest absolute Gasteiger partial charge is 0.225 e. The van der Waals surface area contributed by atoms with E-state index in [1.54, 1.807) is 12.1 Å². The number of carbonyl (C=O) groups is 1. The topological polar surface area (TPSA) is 59.2 Å². The number of nitrogens with zero attached hydrogens (tertiary/aromatic N) is 3. The third kappa shape index (κ3) is 3.79. The van der Waals surface area contributed by atoms with Crippen LogP contribution >= 0.6 is 0 Å². The van der Waals surface area contributed by atoms with Gasteiger partial charge < -0.3 is 9.32 Å². The van der Waals surface area contributed by atoms with E-state index in [2.05, 4.69) is 10.2 Å². The monoisotopic (exact) mass is 357 g/mol. The van der Waals surface area contributed by atoms with Crippen LogP contribution in [0.3, 0.4) is 0 Å². The Morgan fingerprint density at radius 3 is 2.65 bits per heavy atom. The molecule has 1 unspecified atom stereocenters. The molecule has 0 bridgehead atoms.